The third-order valence-corrected chi connectivity index (χ3v) is 3.04. The van der Waals surface area contributed by atoms with E-state index in [0.29, 0.717) is 13.1 Å². The molecule has 0 aliphatic carbocycles. The number of nitrogens with zero attached hydrogens (tertiary/aromatic N) is 1. The summed E-state index contributed by atoms with van der Waals surface area (Å²) >= 11 is 0. The summed E-state index contributed by atoms with van der Waals surface area (Å²) in [5, 5.41) is 3.16. The Labute approximate surface area is 101 Å². The van der Waals surface area contributed by atoms with Crippen molar-refractivity contribution in [2.75, 3.05) is 25.2 Å². The number of hydrogen-bond acceptors (Lipinski definition) is 4. The maximum atomic E-state index is 11.5. The van der Waals surface area contributed by atoms with Crippen LogP contribution in [0.1, 0.15) is 11.1 Å². The number of carbonyl (C=O) groups excluding carboxylic acids is 1. The minimum Gasteiger partial charge on any atom is -0.315 e. The van der Waals surface area contributed by atoms with Gasteiger partial charge < -0.3 is 10.2 Å². The van der Waals surface area contributed by atoms with Crippen molar-refractivity contribution in [2.45, 2.75) is 12.8 Å². The monoisotopic (exact) mass is 234 g/mol. The minimum atomic E-state index is 0.169. The molecule has 0 saturated carbocycles. The van der Waals surface area contributed by atoms with Crippen molar-refractivity contribution in [2.24, 2.45) is 5.84 Å². The summed E-state index contributed by atoms with van der Waals surface area (Å²) in [6.45, 7) is 1.47. The molecule has 0 aromatic heterocycles. The third kappa shape index (κ3) is 2.63. The standard InChI is InChI=1S/C12H18N4O/c1-16-11-3-2-9(4-5-14-8-15-13)6-10(11)7-12(16)17/h2-3,6,14-15H,4-5,7-8,13H2,1H3. The molecule has 4 N–H and O–H groups in total. The lowest BCUT2D eigenvalue weighted by molar-refractivity contribution is -0.117. The first-order valence-corrected chi connectivity index (χ1v) is 5.75. The third-order valence-electron chi connectivity index (χ3n) is 3.04. The maximum absolute atomic E-state index is 11.5. The number of benzene rings is 1. The molecule has 0 saturated heterocycles. The van der Waals surface area contributed by atoms with Crippen molar-refractivity contribution in [1.29, 1.82) is 0 Å². The van der Waals surface area contributed by atoms with E-state index in [1.165, 1.54) is 5.56 Å². The van der Waals surface area contributed by atoms with Crippen LogP contribution in [-0.4, -0.2) is 26.2 Å². The molecule has 0 fully saturated rings. The second kappa shape index (κ2) is 5.27. The number of hydrazine groups is 1. The quantitative estimate of drug-likeness (QED) is 0.284. The van der Waals surface area contributed by atoms with E-state index in [4.69, 9.17) is 5.84 Å². The molecule has 1 aromatic carbocycles. The fourth-order valence-corrected chi connectivity index (χ4v) is 2.07. The Morgan fingerprint density at radius 2 is 2.29 bits per heavy atom. The van der Waals surface area contributed by atoms with Gasteiger partial charge in [0, 0.05) is 19.3 Å². The summed E-state index contributed by atoms with van der Waals surface area (Å²) in [6.07, 6.45) is 1.46. The van der Waals surface area contributed by atoms with Gasteiger partial charge >= 0.3 is 0 Å². The number of rotatable bonds is 5. The van der Waals surface area contributed by atoms with Crippen LogP contribution in [0.25, 0.3) is 0 Å². The number of nitrogens with two attached hydrogens (primary N) is 1. The molecule has 5 heteroatoms. The summed E-state index contributed by atoms with van der Waals surface area (Å²) in [4.78, 5) is 13.3. The average Bonchev–Trinajstić information content (AvgIpc) is 2.61. The van der Waals surface area contributed by atoms with Crippen molar-refractivity contribution >= 4 is 11.6 Å². The highest BCUT2D eigenvalue weighted by Gasteiger charge is 2.23. The summed E-state index contributed by atoms with van der Waals surface area (Å²) in [7, 11) is 1.82. The first-order chi connectivity index (χ1) is 8.22. The molecular formula is C12H18N4O. The molecule has 1 amide bonds. The zero-order valence-electron chi connectivity index (χ0n) is 9.99. The summed E-state index contributed by atoms with van der Waals surface area (Å²) in [5.74, 6) is 5.33. The van der Waals surface area contributed by atoms with Crippen LogP contribution in [0.4, 0.5) is 5.69 Å². The zero-order valence-corrected chi connectivity index (χ0v) is 9.99. The van der Waals surface area contributed by atoms with E-state index in [-0.39, 0.29) is 5.91 Å². The fourth-order valence-electron chi connectivity index (χ4n) is 2.07. The minimum absolute atomic E-state index is 0.169. The number of carbonyl (C=O) groups is 1. The van der Waals surface area contributed by atoms with Crippen molar-refractivity contribution in [3.05, 3.63) is 29.3 Å². The van der Waals surface area contributed by atoms with Gasteiger partial charge in [-0.3, -0.25) is 10.6 Å². The molecule has 1 aliphatic heterocycles. The molecule has 0 radical (unpaired) electrons. The van der Waals surface area contributed by atoms with Gasteiger partial charge in [0.2, 0.25) is 5.91 Å². The Balaban J connectivity index is 1.98. The average molecular weight is 234 g/mol. The number of likely N-dealkylation sites (N-methyl/N-ethyl adjacent to an activating group) is 1. The molecule has 1 aliphatic rings. The van der Waals surface area contributed by atoms with Crippen LogP contribution in [-0.2, 0) is 17.6 Å². The number of amides is 1. The number of anilines is 1. The van der Waals surface area contributed by atoms with Crippen LogP contribution in [0, 0.1) is 0 Å². The van der Waals surface area contributed by atoms with Crippen LogP contribution in [0.3, 0.4) is 0 Å². The van der Waals surface area contributed by atoms with Gasteiger partial charge in [-0.2, -0.15) is 0 Å². The summed E-state index contributed by atoms with van der Waals surface area (Å²) < 4.78 is 0. The largest absolute Gasteiger partial charge is 0.315 e. The topological polar surface area (TPSA) is 70.4 Å². The van der Waals surface area contributed by atoms with E-state index in [9.17, 15) is 4.79 Å². The predicted octanol–water partition coefficient (Wildman–Crippen LogP) is -0.242. The Hall–Kier alpha value is -1.43. The van der Waals surface area contributed by atoms with Gasteiger partial charge in [-0.05, 0) is 23.6 Å². The van der Waals surface area contributed by atoms with E-state index in [2.05, 4.69) is 22.9 Å². The second-order valence-electron chi connectivity index (χ2n) is 4.22. The zero-order chi connectivity index (χ0) is 12.3. The van der Waals surface area contributed by atoms with E-state index in [1.54, 1.807) is 4.90 Å². The Bertz CT molecular complexity index is 419. The molecule has 17 heavy (non-hydrogen) atoms. The van der Waals surface area contributed by atoms with Gasteiger partial charge in [0.05, 0.1) is 13.1 Å². The molecule has 1 aromatic rings. The molecule has 0 spiro atoms. The van der Waals surface area contributed by atoms with Crippen LogP contribution in [0.5, 0.6) is 0 Å². The van der Waals surface area contributed by atoms with E-state index < -0.39 is 0 Å². The van der Waals surface area contributed by atoms with Gasteiger partial charge in [0.1, 0.15) is 0 Å². The van der Waals surface area contributed by atoms with Crippen molar-refractivity contribution in [3.8, 4) is 0 Å². The highest BCUT2D eigenvalue weighted by molar-refractivity contribution is 6.00. The molecular weight excluding hydrogens is 216 g/mol. The second-order valence-corrected chi connectivity index (χ2v) is 4.22. The normalized spacial score (nSPS) is 14.2. The Morgan fingerprint density at radius 1 is 1.47 bits per heavy atom. The van der Waals surface area contributed by atoms with E-state index in [1.807, 2.05) is 13.1 Å². The molecule has 2 rings (SSSR count). The van der Waals surface area contributed by atoms with Crippen molar-refractivity contribution < 1.29 is 4.79 Å². The molecule has 5 nitrogen and oxygen atoms in total. The summed E-state index contributed by atoms with van der Waals surface area (Å²) in [6, 6.07) is 6.22. The Morgan fingerprint density at radius 3 is 3.06 bits per heavy atom. The lowest BCUT2D eigenvalue weighted by Crippen LogP contribution is -2.34. The number of fused-ring (bicyclic) bond motifs is 1. The lowest BCUT2D eigenvalue weighted by atomic mass is 10.1. The number of nitrogens with one attached hydrogen (secondary N) is 2. The van der Waals surface area contributed by atoms with Gasteiger partial charge in [-0.25, -0.2) is 5.43 Å². The molecule has 0 bridgehead atoms. The Kier molecular flexibility index (Phi) is 3.73. The summed E-state index contributed by atoms with van der Waals surface area (Å²) in [5.41, 5.74) is 5.96. The van der Waals surface area contributed by atoms with E-state index in [0.717, 1.165) is 24.2 Å². The lowest BCUT2D eigenvalue weighted by Gasteiger charge is -2.10. The molecule has 1 heterocycles. The number of hydrogen-bond donors (Lipinski definition) is 3. The SMILES string of the molecule is CN1C(=O)Cc2cc(CCNCNN)ccc21. The van der Waals surface area contributed by atoms with Crippen LogP contribution >= 0.6 is 0 Å². The molecule has 0 atom stereocenters. The van der Waals surface area contributed by atoms with Crippen LogP contribution in [0.15, 0.2) is 18.2 Å². The van der Waals surface area contributed by atoms with E-state index >= 15 is 0 Å². The predicted molar refractivity (Wildman–Crippen MR) is 67.5 cm³/mol. The van der Waals surface area contributed by atoms with Crippen molar-refractivity contribution in [1.82, 2.24) is 10.7 Å². The van der Waals surface area contributed by atoms with Gasteiger partial charge in [-0.15, -0.1) is 0 Å². The highest BCUT2D eigenvalue weighted by atomic mass is 16.2. The van der Waals surface area contributed by atoms with Gasteiger partial charge in [0.25, 0.3) is 0 Å². The first-order valence-electron chi connectivity index (χ1n) is 5.75. The fraction of sp³-hybridized carbons (Fsp3) is 0.417. The van der Waals surface area contributed by atoms with Crippen LogP contribution < -0.4 is 21.5 Å². The van der Waals surface area contributed by atoms with Gasteiger partial charge in [-0.1, -0.05) is 12.1 Å². The van der Waals surface area contributed by atoms with Gasteiger partial charge in [0.15, 0.2) is 0 Å². The maximum Gasteiger partial charge on any atom is 0.231 e. The first kappa shape index (κ1) is 12.0. The smallest absolute Gasteiger partial charge is 0.231 e. The highest BCUT2D eigenvalue weighted by Crippen LogP contribution is 2.28. The molecule has 92 valence electrons. The van der Waals surface area contributed by atoms with Crippen molar-refractivity contribution in [3.63, 3.8) is 0 Å². The molecule has 0 unspecified atom stereocenters. The van der Waals surface area contributed by atoms with Crippen LogP contribution in [0.2, 0.25) is 0 Å².